The van der Waals surface area contributed by atoms with Crippen LogP contribution in [0, 0.1) is 10.1 Å². The summed E-state index contributed by atoms with van der Waals surface area (Å²) in [5, 5.41) is 11.7. The van der Waals surface area contributed by atoms with Gasteiger partial charge in [0.05, 0.1) is 24.7 Å². The fourth-order valence-electron chi connectivity index (χ4n) is 2.64. The van der Waals surface area contributed by atoms with Gasteiger partial charge < -0.3 is 18.6 Å². The zero-order valence-corrected chi connectivity index (χ0v) is 15.0. The number of fused-ring (bicyclic) bond motifs is 1. The minimum Gasteiger partial charge on any atom is -0.497 e. The molecular weight excluding hydrogens is 370 g/mol. The Balaban J connectivity index is 1.86. The molecule has 0 atom stereocenters. The Morgan fingerprint density at radius 2 is 1.89 bits per heavy atom. The minimum absolute atomic E-state index is 0.0126. The summed E-state index contributed by atoms with van der Waals surface area (Å²) in [4.78, 5) is 34.5. The maximum absolute atomic E-state index is 12.3. The van der Waals surface area contributed by atoms with Gasteiger partial charge in [0.2, 0.25) is 0 Å². The van der Waals surface area contributed by atoms with Crippen molar-refractivity contribution < 1.29 is 28.3 Å². The molecule has 0 unspecified atom stereocenters. The van der Waals surface area contributed by atoms with E-state index in [0.717, 1.165) is 6.07 Å². The first-order valence-corrected chi connectivity index (χ1v) is 8.03. The molecule has 0 N–H and O–H groups in total. The Kier molecular flexibility index (Phi) is 5.25. The third-order valence-corrected chi connectivity index (χ3v) is 4.01. The smallest absolute Gasteiger partial charge is 0.338 e. The number of nitro groups is 1. The molecule has 9 nitrogen and oxygen atoms in total. The molecule has 2 aromatic carbocycles. The lowest BCUT2D eigenvalue weighted by Gasteiger charge is -2.09. The van der Waals surface area contributed by atoms with Gasteiger partial charge in [0.15, 0.2) is 5.75 Å². The highest BCUT2D eigenvalue weighted by Crippen LogP contribution is 2.28. The standard InChI is InChI=1S/C19H15NO8/c1-25-13-4-5-14-12(8-18(21)28-17(14)9-13)10-27-19(22)11-3-6-16(26-2)15(7-11)20(23)24/h3-9H,10H2,1-2H3. The van der Waals surface area contributed by atoms with E-state index in [1.165, 1.54) is 32.4 Å². The molecule has 0 bridgehead atoms. The van der Waals surface area contributed by atoms with Crippen LogP contribution in [0.3, 0.4) is 0 Å². The molecule has 0 aliphatic heterocycles. The molecule has 3 aromatic rings. The third-order valence-electron chi connectivity index (χ3n) is 4.01. The van der Waals surface area contributed by atoms with Gasteiger partial charge in [0, 0.05) is 29.1 Å². The second-order valence-electron chi connectivity index (χ2n) is 5.67. The van der Waals surface area contributed by atoms with Crippen LogP contribution in [0.1, 0.15) is 15.9 Å². The second-order valence-corrected chi connectivity index (χ2v) is 5.67. The van der Waals surface area contributed by atoms with Crippen molar-refractivity contribution in [2.45, 2.75) is 6.61 Å². The maximum Gasteiger partial charge on any atom is 0.338 e. The number of hydrogen-bond acceptors (Lipinski definition) is 8. The van der Waals surface area contributed by atoms with Crippen molar-refractivity contribution in [2.24, 2.45) is 0 Å². The van der Waals surface area contributed by atoms with Crippen molar-refractivity contribution >= 4 is 22.6 Å². The quantitative estimate of drug-likeness (QED) is 0.275. The molecule has 0 spiro atoms. The molecule has 0 aliphatic rings. The number of ether oxygens (including phenoxy) is 3. The summed E-state index contributed by atoms with van der Waals surface area (Å²) in [6.45, 7) is -0.215. The third kappa shape index (κ3) is 3.78. The van der Waals surface area contributed by atoms with Crippen molar-refractivity contribution in [1.82, 2.24) is 0 Å². The molecule has 144 valence electrons. The van der Waals surface area contributed by atoms with Gasteiger partial charge in [0.25, 0.3) is 0 Å². The second kappa shape index (κ2) is 7.78. The lowest BCUT2D eigenvalue weighted by atomic mass is 10.1. The van der Waals surface area contributed by atoms with Crippen LogP contribution in [0.4, 0.5) is 5.69 Å². The molecule has 0 fully saturated rings. The number of esters is 1. The Bertz CT molecular complexity index is 1120. The molecule has 0 amide bonds. The van der Waals surface area contributed by atoms with Crippen LogP contribution in [0.15, 0.2) is 51.7 Å². The molecule has 9 heteroatoms. The Morgan fingerprint density at radius 1 is 1.11 bits per heavy atom. The monoisotopic (exact) mass is 385 g/mol. The summed E-state index contributed by atoms with van der Waals surface area (Å²) in [6, 6.07) is 9.87. The molecule has 28 heavy (non-hydrogen) atoms. The van der Waals surface area contributed by atoms with E-state index in [0.29, 0.717) is 16.7 Å². The zero-order valence-electron chi connectivity index (χ0n) is 15.0. The highest BCUT2D eigenvalue weighted by molar-refractivity contribution is 5.91. The molecule has 0 saturated heterocycles. The van der Waals surface area contributed by atoms with E-state index in [1.54, 1.807) is 18.2 Å². The normalized spacial score (nSPS) is 10.5. The lowest BCUT2D eigenvalue weighted by Crippen LogP contribution is -2.08. The first-order chi connectivity index (χ1) is 13.4. The van der Waals surface area contributed by atoms with Gasteiger partial charge >= 0.3 is 17.3 Å². The van der Waals surface area contributed by atoms with E-state index in [4.69, 9.17) is 18.6 Å². The van der Waals surface area contributed by atoms with Crippen LogP contribution in [0.2, 0.25) is 0 Å². The van der Waals surface area contributed by atoms with Crippen LogP contribution in [0.5, 0.6) is 11.5 Å². The SMILES string of the molecule is COc1ccc2c(COC(=O)c3ccc(OC)c([N+](=O)[O-])c3)cc(=O)oc2c1. The van der Waals surface area contributed by atoms with Gasteiger partial charge in [-0.2, -0.15) is 0 Å². The summed E-state index contributed by atoms with van der Waals surface area (Å²) >= 11 is 0. The highest BCUT2D eigenvalue weighted by atomic mass is 16.6. The summed E-state index contributed by atoms with van der Waals surface area (Å²) in [7, 11) is 2.78. The van der Waals surface area contributed by atoms with Crippen LogP contribution < -0.4 is 15.1 Å². The first kappa shape index (κ1) is 18.9. The predicted molar refractivity (Wildman–Crippen MR) is 97.8 cm³/mol. The highest BCUT2D eigenvalue weighted by Gasteiger charge is 2.19. The molecule has 3 rings (SSSR count). The summed E-state index contributed by atoms with van der Waals surface area (Å²) in [5.74, 6) is -0.238. The topological polar surface area (TPSA) is 118 Å². The number of carbonyl (C=O) groups excluding carboxylic acids is 1. The van der Waals surface area contributed by atoms with Crippen LogP contribution in [0.25, 0.3) is 11.0 Å². The lowest BCUT2D eigenvalue weighted by molar-refractivity contribution is -0.385. The number of hydrogen-bond donors (Lipinski definition) is 0. The van der Waals surface area contributed by atoms with Crippen molar-refractivity contribution in [3.8, 4) is 11.5 Å². The van der Waals surface area contributed by atoms with Crippen LogP contribution >= 0.6 is 0 Å². The number of nitrogens with zero attached hydrogens (tertiary/aromatic N) is 1. The van der Waals surface area contributed by atoms with E-state index in [1.807, 2.05) is 0 Å². The first-order valence-electron chi connectivity index (χ1n) is 8.03. The fourth-order valence-corrected chi connectivity index (χ4v) is 2.64. The molecule has 1 aromatic heterocycles. The van der Waals surface area contributed by atoms with E-state index in [-0.39, 0.29) is 29.2 Å². The van der Waals surface area contributed by atoms with Crippen molar-refractivity contribution in [3.05, 3.63) is 74.1 Å². The van der Waals surface area contributed by atoms with Gasteiger partial charge in [0.1, 0.15) is 17.9 Å². The van der Waals surface area contributed by atoms with E-state index in [2.05, 4.69) is 0 Å². The zero-order chi connectivity index (χ0) is 20.3. The van der Waals surface area contributed by atoms with Crippen LogP contribution in [-0.2, 0) is 11.3 Å². The average Bonchev–Trinajstić information content (AvgIpc) is 2.70. The number of methoxy groups -OCH3 is 2. The van der Waals surface area contributed by atoms with E-state index >= 15 is 0 Å². The molecule has 0 radical (unpaired) electrons. The van der Waals surface area contributed by atoms with Crippen molar-refractivity contribution in [3.63, 3.8) is 0 Å². The fraction of sp³-hybridized carbons (Fsp3) is 0.158. The maximum atomic E-state index is 12.3. The van der Waals surface area contributed by atoms with Gasteiger partial charge in [-0.05, 0) is 24.3 Å². The van der Waals surface area contributed by atoms with Crippen molar-refractivity contribution in [2.75, 3.05) is 14.2 Å². The molecular formula is C19H15NO8. The number of rotatable bonds is 6. The Morgan fingerprint density at radius 3 is 2.57 bits per heavy atom. The predicted octanol–water partition coefficient (Wildman–Crippen LogP) is 3.08. The van der Waals surface area contributed by atoms with Gasteiger partial charge in [-0.1, -0.05) is 0 Å². The van der Waals surface area contributed by atoms with Gasteiger partial charge in [-0.15, -0.1) is 0 Å². The largest absolute Gasteiger partial charge is 0.497 e. The molecule has 0 saturated carbocycles. The number of benzene rings is 2. The van der Waals surface area contributed by atoms with E-state index < -0.39 is 16.5 Å². The summed E-state index contributed by atoms with van der Waals surface area (Å²) in [5.41, 5.74) is -0.244. The molecule has 1 heterocycles. The summed E-state index contributed by atoms with van der Waals surface area (Å²) in [6.07, 6.45) is 0. The Hall–Kier alpha value is -3.88. The average molecular weight is 385 g/mol. The van der Waals surface area contributed by atoms with E-state index in [9.17, 15) is 19.7 Å². The minimum atomic E-state index is -0.777. The number of nitro benzene ring substituents is 1. The number of carbonyl (C=O) groups is 1. The van der Waals surface area contributed by atoms with Crippen molar-refractivity contribution in [1.29, 1.82) is 0 Å². The van der Waals surface area contributed by atoms with Gasteiger partial charge in [-0.25, -0.2) is 9.59 Å². The van der Waals surface area contributed by atoms with Crippen LogP contribution in [-0.4, -0.2) is 25.1 Å². The summed E-state index contributed by atoms with van der Waals surface area (Å²) < 4.78 is 20.4. The molecule has 0 aliphatic carbocycles. The van der Waals surface area contributed by atoms with Gasteiger partial charge in [-0.3, -0.25) is 10.1 Å². The Labute approximate surface area is 158 Å².